The number of aromatic hydroxyl groups is 1. The van der Waals surface area contributed by atoms with E-state index in [2.05, 4.69) is 15.3 Å². The third-order valence-corrected chi connectivity index (χ3v) is 5.25. The Labute approximate surface area is 182 Å². The van der Waals surface area contributed by atoms with Crippen molar-refractivity contribution >= 4 is 29.3 Å². The van der Waals surface area contributed by atoms with Crippen LogP contribution in [0.3, 0.4) is 0 Å². The third-order valence-electron chi connectivity index (χ3n) is 4.26. The Hall–Kier alpha value is -3.59. The fourth-order valence-electron chi connectivity index (χ4n) is 2.73. The molecule has 2 aromatic carbocycles. The zero-order chi connectivity index (χ0) is 22.4. The van der Waals surface area contributed by atoms with E-state index in [9.17, 15) is 19.5 Å². The number of H-pyrrole nitrogens is 1. The van der Waals surface area contributed by atoms with Crippen LogP contribution in [0.2, 0.25) is 0 Å². The number of rotatable bonds is 7. The molecule has 1 aromatic heterocycles. The van der Waals surface area contributed by atoms with E-state index in [-0.39, 0.29) is 23.2 Å². The molecule has 3 rings (SSSR count). The molecule has 8 nitrogen and oxygen atoms in total. The summed E-state index contributed by atoms with van der Waals surface area (Å²) in [5.41, 5.74) is 1.02. The molecule has 0 saturated carbocycles. The number of hydrogen-bond donors (Lipinski definition) is 3. The Morgan fingerprint density at radius 1 is 1.16 bits per heavy atom. The standard InChI is InChI=1S/C22H21N3O5S/c1-3-30-21(29)15-9-11-16(12-10-15)23-18(26)13(2)31-22-24-19(27)17(20(28)25-22)14-7-5-4-6-8-14/h4-13H,3H2,1-2H3,(H,23,26)(H2,24,25,27,28)/t13-/m0/s1. The molecule has 0 radical (unpaired) electrons. The number of carbonyl (C=O) groups excluding carboxylic acids is 2. The van der Waals surface area contributed by atoms with Gasteiger partial charge in [-0.2, -0.15) is 4.98 Å². The predicted octanol–water partition coefficient (Wildman–Crippen LogP) is 3.44. The molecule has 0 spiro atoms. The van der Waals surface area contributed by atoms with Gasteiger partial charge in [0, 0.05) is 5.69 Å². The topological polar surface area (TPSA) is 121 Å². The number of nitrogens with one attached hydrogen (secondary N) is 2. The number of amides is 1. The summed E-state index contributed by atoms with van der Waals surface area (Å²) < 4.78 is 4.92. The second-order valence-corrected chi connectivity index (χ2v) is 7.81. The van der Waals surface area contributed by atoms with Crippen molar-refractivity contribution in [2.24, 2.45) is 0 Å². The lowest BCUT2D eigenvalue weighted by Crippen LogP contribution is -2.23. The van der Waals surface area contributed by atoms with Crippen LogP contribution in [0.15, 0.2) is 64.5 Å². The minimum absolute atomic E-state index is 0.0729. The Morgan fingerprint density at radius 2 is 1.84 bits per heavy atom. The first-order chi connectivity index (χ1) is 14.9. The van der Waals surface area contributed by atoms with Gasteiger partial charge in [-0.25, -0.2) is 4.79 Å². The average molecular weight is 439 g/mol. The van der Waals surface area contributed by atoms with Crippen molar-refractivity contribution in [2.75, 3.05) is 11.9 Å². The highest BCUT2D eigenvalue weighted by molar-refractivity contribution is 8.00. The molecule has 9 heteroatoms. The Morgan fingerprint density at radius 3 is 2.45 bits per heavy atom. The number of benzene rings is 2. The molecule has 0 aliphatic carbocycles. The summed E-state index contributed by atoms with van der Waals surface area (Å²) in [7, 11) is 0. The molecule has 31 heavy (non-hydrogen) atoms. The zero-order valence-electron chi connectivity index (χ0n) is 16.9. The Kier molecular flexibility index (Phi) is 7.09. The fourth-order valence-corrected chi connectivity index (χ4v) is 3.52. The fraction of sp³-hybridized carbons (Fsp3) is 0.182. The van der Waals surface area contributed by atoms with Crippen molar-refractivity contribution in [2.45, 2.75) is 24.3 Å². The number of aromatic nitrogens is 2. The average Bonchev–Trinajstić information content (AvgIpc) is 2.74. The lowest BCUT2D eigenvalue weighted by atomic mass is 10.1. The summed E-state index contributed by atoms with van der Waals surface area (Å²) in [6.07, 6.45) is 0. The minimum atomic E-state index is -0.616. The van der Waals surface area contributed by atoms with E-state index in [1.54, 1.807) is 68.4 Å². The Balaban J connectivity index is 1.67. The summed E-state index contributed by atoms with van der Waals surface area (Å²) in [4.78, 5) is 43.2. The third kappa shape index (κ3) is 5.52. The van der Waals surface area contributed by atoms with Crippen molar-refractivity contribution in [1.82, 2.24) is 9.97 Å². The zero-order valence-corrected chi connectivity index (χ0v) is 17.7. The molecular weight excluding hydrogens is 418 g/mol. The monoisotopic (exact) mass is 439 g/mol. The maximum absolute atomic E-state index is 12.5. The van der Waals surface area contributed by atoms with Gasteiger partial charge in [0.2, 0.25) is 11.8 Å². The van der Waals surface area contributed by atoms with Crippen LogP contribution in [0.4, 0.5) is 5.69 Å². The van der Waals surface area contributed by atoms with Gasteiger partial charge in [0.05, 0.1) is 17.4 Å². The van der Waals surface area contributed by atoms with Crippen LogP contribution in [0.1, 0.15) is 24.2 Å². The summed E-state index contributed by atoms with van der Waals surface area (Å²) >= 11 is 1.00. The van der Waals surface area contributed by atoms with Gasteiger partial charge >= 0.3 is 5.97 Å². The molecule has 1 heterocycles. The SMILES string of the molecule is CCOC(=O)c1ccc(NC(=O)[C@H](C)Sc2nc(O)c(-c3ccccc3)c(=O)[nH]2)cc1. The molecule has 0 saturated heterocycles. The first-order valence-corrected chi connectivity index (χ1v) is 10.4. The maximum Gasteiger partial charge on any atom is 0.338 e. The second-order valence-electron chi connectivity index (χ2n) is 6.48. The first kappa shape index (κ1) is 22.1. The van der Waals surface area contributed by atoms with Gasteiger partial charge in [-0.1, -0.05) is 42.1 Å². The van der Waals surface area contributed by atoms with Gasteiger partial charge in [-0.05, 0) is 43.7 Å². The smallest absolute Gasteiger partial charge is 0.338 e. The number of thioether (sulfide) groups is 1. The molecule has 0 aliphatic heterocycles. The van der Waals surface area contributed by atoms with Crippen molar-refractivity contribution in [3.63, 3.8) is 0 Å². The first-order valence-electron chi connectivity index (χ1n) is 9.52. The summed E-state index contributed by atoms with van der Waals surface area (Å²) in [6, 6.07) is 15.0. The number of esters is 1. The van der Waals surface area contributed by atoms with Gasteiger partial charge in [0.15, 0.2) is 5.16 Å². The number of nitrogens with zero attached hydrogens (tertiary/aromatic N) is 1. The number of aromatic amines is 1. The molecule has 0 fully saturated rings. The summed E-state index contributed by atoms with van der Waals surface area (Å²) in [5.74, 6) is -1.17. The highest BCUT2D eigenvalue weighted by Crippen LogP contribution is 2.27. The molecule has 1 amide bonds. The lowest BCUT2D eigenvalue weighted by molar-refractivity contribution is -0.115. The van der Waals surface area contributed by atoms with E-state index >= 15 is 0 Å². The molecule has 0 bridgehead atoms. The predicted molar refractivity (Wildman–Crippen MR) is 118 cm³/mol. The maximum atomic E-state index is 12.5. The molecular formula is C22H21N3O5S. The molecule has 3 N–H and O–H groups in total. The van der Waals surface area contributed by atoms with Gasteiger partial charge < -0.3 is 20.1 Å². The van der Waals surface area contributed by atoms with Crippen LogP contribution < -0.4 is 10.9 Å². The number of carbonyl (C=O) groups is 2. The van der Waals surface area contributed by atoms with Crippen LogP contribution in [0.25, 0.3) is 11.1 Å². The van der Waals surface area contributed by atoms with Crippen LogP contribution in [-0.4, -0.2) is 38.8 Å². The molecule has 0 aliphatic rings. The molecule has 160 valence electrons. The van der Waals surface area contributed by atoms with Gasteiger partial charge in [-0.15, -0.1) is 0 Å². The lowest BCUT2D eigenvalue weighted by Gasteiger charge is -2.12. The van der Waals surface area contributed by atoms with Crippen molar-refractivity contribution in [3.05, 3.63) is 70.5 Å². The number of ether oxygens (including phenoxy) is 1. The van der Waals surface area contributed by atoms with E-state index in [1.165, 1.54) is 0 Å². The van der Waals surface area contributed by atoms with Gasteiger partial charge in [0.25, 0.3) is 5.56 Å². The van der Waals surface area contributed by atoms with Crippen molar-refractivity contribution in [3.8, 4) is 17.0 Å². The molecule has 0 unspecified atom stereocenters. The van der Waals surface area contributed by atoms with E-state index in [0.29, 0.717) is 16.8 Å². The van der Waals surface area contributed by atoms with E-state index in [0.717, 1.165) is 11.8 Å². The number of anilines is 1. The van der Waals surface area contributed by atoms with E-state index in [4.69, 9.17) is 4.74 Å². The Bertz CT molecular complexity index is 1130. The largest absolute Gasteiger partial charge is 0.493 e. The van der Waals surface area contributed by atoms with E-state index in [1.807, 2.05) is 0 Å². The number of hydrogen-bond acceptors (Lipinski definition) is 7. The van der Waals surface area contributed by atoms with E-state index < -0.39 is 22.7 Å². The van der Waals surface area contributed by atoms with Crippen LogP contribution in [0, 0.1) is 0 Å². The van der Waals surface area contributed by atoms with Gasteiger partial charge in [0.1, 0.15) is 5.56 Å². The van der Waals surface area contributed by atoms with Crippen molar-refractivity contribution in [1.29, 1.82) is 0 Å². The molecule has 1 atom stereocenters. The molecule has 3 aromatic rings. The minimum Gasteiger partial charge on any atom is -0.493 e. The summed E-state index contributed by atoms with van der Waals surface area (Å²) in [6.45, 7) is 3.65. The highest BCUT2D eigenvalue weighted by Gasteiger charge is 2.19. The van der Waals surface area contributed by atoms with Crippen LogP contribution >= 0.6 is 11.8 Å². The van der Waals surface area contributed by atoms with Crippen LogP contribution in [0.5, 0.6) is 5.88 Å². The quantitative estimate of drug-likeness (QED) is 0.293. The second kappa shape index (κ2) is 9.94. The van der Waals surface area contributed by atoms with Gasteiger partial charge in [-0.3, -0.25) is 9.59 Å². The van der Waals surface area contributed by atoms with Crippen molar-refractivity contribution < 1.29 is 19.4 Å². The van der Waals surface area contributed by atoms with Crippen LogP contribution in [-0.2, 0) is 9.53 Å². The highest BCUT2D eigenvalue weighted by atomic mass is 32.2. The summed E-state index contributed by atoms with van der Waals surface area (Å²) in [5, 5.41) is 12.5. The normalized spacial score (nSPS) is 11.5.